The third-order valence-corrected chi connectivity index (χ3v) is 1.28. The molecule has 2 heteroatoms. The van der Waals surface area contributed by atoms with Gasteiger partial charge in [-0.3, -0.25) is 4.98 Å². The molecule has 0 aliphatic heterocycles. The molecule has 1 heterocycles. The van der Waals surface area contributed by atoms with Crippen molar-refractivity contribution in [3.05, 3.63) is 36.5 Å². The maximum absolute atomic E-state index is 9.36. The fourth-order valence-electron chi connectivity index (χ4n) is 0.798. The lowest BCUT2D eigenvalue weighted by Crippen LogP contribution is -1.73. The van der Waals surface area contributed by atoms with E-state index in [9.17, 15) is 5.11 Å². The maximum atomic E-state index is 9.36. The molecule has 0 spiro atoms. The zero-order chi connectivity index (χ0) is 12.0. The highest BCUT2D eigenvalue weighted by atomic mass is 16.3. The maximum Gasteiger partial charge on any atom is 0.116 e. The van der Waals surface area contributed by atoms with Crippen LogP contribution in [0.4, 0.5) is 0 Å². The number of pyridine rings is 1. The molecule has 2 rings (SSSR count). The quantitative estimate of drug-likeness (QED) is 0.622. The summed E-state index contributed by atoms with van der Waals surface area (Å²) in [6, 6.07) is 0.0580. The first-order valence-electron chi connectivity index (χ1n) is 5.50. The second-order valence-corrected chi connectivity index (χ2v) is 2.03. The third-order valence-electron chi connectivity index (χ3n) is 1.28. The van der Waals surface area contributed by atoms with Crippen LogP contribution in [0.5, 0.6) is 5.75 Å². The molecule has 0 aliphatic rings. The van der Waals surface area contributed by atoms with Crippen molar-refractivity contribution in [2.24, 2.45) is 0 Å². The lowest BCUT2D eigenvalue weighted by Gasteiger charge is -1.95. The second-order valence-electron chi connectivity index (χ2n) is 2.03. The van der Waals surface area contributed by atoms with Crippen LogP contribution in [0.15, 0.2) is 36.5 Å². The van der Waals surface area contributed by atoms with Gasteiger partial charge in [-0.2, -0.15) is 0 Å². The molecule has 0 saturated heterocycles. The van der Waals surface area contributed by atoms with Gasteiger partial charge in [-0.25, -0.2) is 0 Å². The SMILES string of the molecule is [2H]c1nc([2H])c2cc(O)c([2H])c([2H])c2c1[2H]. The van der Waals surface area contributed by atoms with Gasteiger partial charge in [0, 0.05) is 17.7 Å². The van der Waals surface area contributed by atoms with Crippen LogP contribution in [0.1, 0.15) is 6.85 Å². The second kappa shape index (κ2) is 2.23. The number of aromatic hydroxyl groups is 1. The van der Waals surface area contributed by atoms with E-state index >= 15 is 0 Å². The van der Waals surface area contributed by atoms with Crippen molar-refractivity contribution in [3.63, 3.8) is 0 Å². The summed E-state index contributed by atoms with van der Waals surface area (Å²) in [6.07, 6.45) is -0.684. The molecule has 11 heavy (non-hydrogen) atoms. The van der Waals surface area contributed by atoms with E-state index in [1.165, 1.54) is 0 Å². The van der Waals surface area contributed by atoms with Crippen LogP contribution in [0.25, 0.3) is 10.8 Å². The summed E-state index contributed by atoms with van der Waals surface area (Å²) in [5.74, 6) is -0.426. The van der Waals surface area contributed by atoms with Gasteiger partial charge in [0.25, 0.3) is 0 Å². The number of nitrogens with zero attached hydrogens (tertiary/aromatic N) is 1. The molecular weight excluding hydrogens is 138 g/mol. The first kappa shape index (κ1) is 2.81. The number of rotatable bonds is 0. The van der Waals surface area contributed by atoms with Crippen LogP contribution in [0.3, 0.4) is 0 Å². The molecule has 54 valence electrons. The number of aromatic nitrogens is 1. The molecule has 1 N–H and O–H groups in total. The fourth-order valence-corrected chi connectivity index (χ4v) is 0.798. The average Bonchev–Trinajstić information content (AvgIpc) is 2.22. The molecule has 0 amide bonds. The predicted molar refractivity (Wildman–Crippen MR) is 43.4 cm³/mol. The van der Waals surface area contributed by atoms with Gasteiger partial charge < -0.3 is 5.11 Å². The molecule has 2 nitrogen and oxygen atoms in total. The summed E-state index contributed by atoms with van der Waals surface area (Å²) < 4.78 is 37.4. The van der Waals surface area contributed by atoms with Crippen LogP contribution in [-0.2, 0) is 0 Å². The molecule has 0 saturated carbocycles. The van der Waals surface area contributed by atoms with Crippen molar-refractivity contribution in [1.29, 1.82) is 0 Å². The Morgan fingerprint density at radius 3 is 3.09 bits per heavy atom. The standard InChI is InChI=1S/C9H7NO/c11-9-2-1-7-3-4-10-6-8(7)5-9/h1-6,11H/i1D,2D,3D,4D,6D. The van der Waals surface area contributed by atoms with E-state index in [1.807, 2.05) is 0 Å². The summed E-state index contributed by atoms with van der Waals surface area (Å²) >= 11 is 0. The minimum Gasteiger partial charge on any atom is -0.508 e. The van der Waals surface area contributed by atoms with Crippen molar-refractivity contribution >= 4 is 10.8 Å². The monoisotopic (exact) mass is 150 g/mol. The number of phenols is 1. The molecule has 0 unspecified atom stereocenters. The number of benzene rings is 1. The number of phenolic OH excluding ortho intramolecular Hbond substituents is 1. The smallest absolute Gasteiger partial charge is 0.116 e. The number of hydrogen-bond donors (Lipinski definition) is 1. The fraction of sp³-hybridized carbons (Fsp3) is 0. The molecule has 1 aromatic heterocycles. The van der Waals surface area contributed by atoms with Gasteiger partial charge in [-0.15, -0.1) is 0 Å². The van der Waals surface area contributed by atoms with Crippen molar-refractivity contribution in [2.45, 2.75) is 0 Å². The summed E-state index contributed by atoms with van der Waals surface area (Å²) in [6.45, 7) is 0. The minimum atomic E-state index is -0.426. The Labute approximate surface area is 71.2 Å². The largest absolute Gasteiger partial charge is 0.508 e. The minimum absolute atomic E-state index is 0.00722. The Balaban J connectivity index is 3.07. The van der Waals surface area contributed by atoms with Gasteiger partial charge in [0.05, 0.1) is 6.85 Å². The Kier molecular flexibility index (Phi) is 0.572. The summed E-state index contributed by atoms with van der Waals surface area (Å²) in [4.78, 5) is 3.50. The van der Waals surface area contributed by atoms with Crippen LogP contribution < -0.4 is 0 Å². The van der Waals surface area contributed by atoms with E-state index in [0.29, 0.717) is 0 Å². The molecule has 0 bridgehead atoms. The first-order valence-corrected chi connectivity index (χ1v) is 3.00. The number of hydrogen-bond acceptors (Lipinski definition) is 2. The Hall–Kier alpha value is -1.57. The molecule has 0 atom stereocenters. The van der Waals surface area contributed by atoms with Crippen LogP contribution in [0, 0.1) is 0 Å². The van der Waals surface area contributed by atoms with Crippen molar-refractivity contribution in [3.8, 4) is 5.75 Å². The first-order chi connectivity index (χ1) is 7.43. The normalized spacial score (nSPS) is 16.5. The molecule has 0 fully saturated rings. The van der Waals surface area contributed by atoms with Crippen LogP contribution in [0.2, 0.25) is 0 Å². The lowest BCUT2D eigenvalue weighted by molar-refractivity contribution is 0.476. The van der Waals surface area contributed by atoms with Gasteiger partial charge in [-0.05, 0) is 23.5 Å². The van der Waals surface area contributed by atoms with E-state index in [0.717, 1.165) is 6.07 Å². The van der Waals surface area contributed by atoms with Gasteiger partial charge in [0.1, 0.15) is 5.75 Å². The summed E-state index contributed by atoms with van der Waals surface area (Å²) in [5, 5.41) is 9.47. The van der Waals surface area contributed by atoms with Crippen LogP contribution in [-0.4, -0.2) is 10.1 Å². The Bertz CT molecular complexity index is 598. The highest BCUT2D eigenvalue weighted by molar-refractivity contribution is 5.82. The summed E-state index contributed by atoms with van der Waals surface area (Å²) in [7, 11) is 0. The molecule has 0 radical (unpaired) electrons. The van der Waals surface area contributed by atoms with E-state index in [-0.39, 0.29) is 29.0 Å². The molecule has 2 aromatic rings. The molecule has 0 aliphatic carbocycles. The van der Waals surface area contributed by atoms with Crippen molar-refractivity contribution in [2.75, 3.05) is 0 Å². The summed E-state index contributed by atoms with van der Waals surface area (Å²) in [5.41, 5.74) is 0. The van der Waals surface area contributed by atoms with Crippen molar-refractivity contribution in [1.82, 2.24) is 4.98 Å². The van der Waals surface area contributed by atoms with Gasteiger partial charge >= 0.3 is 0 Å². The van der Waals surface area contributed by atoms with Crippen molar-refractivity contribution < 1.29 is 12.0 Å². The molecule has 1 aromatic carbocycles. The number of fused-ring (bicyclic) bond motifs is 1. The Morgan fingerprint density at radius 1 is 1.27 bits per heavy atom. The topological polar surface area (TPSA) is 33.1 Å². The van der Waals surface area contributed by atoms with Gasteiger partial charge in [0.15, 0.2) is 0 Å². The van der Waals surface area contributed by atoms with Gasteiger partial charge in [-0.1, -0.05) is 6.04 Å². The van der Waals surface area contributed by atoms with Gasteiger partial charge in [0.2, 0.25) is 0 Å². The zero-order valence-corrected chi connectivity index (χ0v) is 5.47. The molecular formula is C9H7NO. The van der Waals surface area contributed by atoms with E-state index in [4.69, 9.17) is 6.85 Å². The van der Waals surface area contributed by atoms with E-state index in [2.05, 4.69) is 4.98 Å². The lowest BCUT2D eigenvalue weighted by atomic mass is 10.2. The van der Waals surface area contributed by atoms with E-state index in [1.54, 1.807) is 0 Å². The average molecular weight is 150 g/mol. The van der Waals surface area contributed by atoms with E-state index < -0.39 is 18.0 Å². The third kappa shape index (κ3) is 1.03. The van der Waals surface area contributed by atoms with Crippen LogP contribution >= 0.6 is 0 Å². The highest BCUT2D eigenvalue weighted by Gasteiger charge is 1.91. The zero-order valence-electron chi connectivity index (χ0n) is 10.5. The Morgan fingerprint density at radius 2 is 2.18 bits per heavy atom. The highest BCUT2D eigenvalue weighted by Crippen LogP contribution is 2.17. The predicted octanol–water partition coefficient (Wildman–Crippen LogP) is 1.94.